The monoisotopic (exact) mass is 870 g/mol. The van der Waals surface area contributed by atoms with Crippen LogP contribution < -0.4 is 0 Å². The molecule has 3 aromatic heterocycles. The van der Waals surface area contributed by atoms with E-state index in [9.17, 15) is 0 Å². The Hall–Kier alpha value is -8.78. The van der Waals surface area contributed by atoms with E-state index in [0.29, 0.717) is 5.69 Å². The summed E-state index contributed by atoms with van der Waals surface area (Å²) in [5.74, 6) is 0. The van der Waals surface area contributed by atoms with Gasteiger partial charge in [0.25, 0.3) is 0 Å². The quantitative estimate of drug-likeness (QED) is 0.147. The van der Waals surface area contributed by atoms with Crippen molar-refractivity contribution in [3.63, 3.8) is 0 Å². The van der Waals surface area contributed by atoms with Gasteiger partial charge in [0.2, 0.25) is 5.69 Å². The summed E-state index contributed by atoms with van der Waals surface area (Å²) in [6.45, 7) is 17.5. The third kappa shape index (κ3) is 6.96. The van der Waals surface area contributed by atoms with E-state index in [1.165, 1.54) is 22.3 Å². The number of aryl methyl sites for hydroxylation is 4. The first-order valence-electron chi connectivity index (χ1n) is 23.2. The number of fused-ring (bicyclic) bond motifs is 6. The van der Waals surface area contributed by atoms with Crippen LogP contribution in [0.2, 0.25) is 0 Å². The molecule has 68 heavy (non-hydrogen) atoms. The highest BCUT2D eigenvalue weighted by molar-refractivity contribution is 6.13. The molecule has 9 aromatic carbocycles. The summed E-state index contributed by atoms with van der Waals surface area (Å²) in [6, 6.07) is 70.7. The van der Waals surface area contributed by atoms with Crippen molar-refractivity contribution in [2.45, 2.75) is 27.7 Å². The fraction of sp³-hybridized carbons (Fsp3) is 0.0625. The fourth-order valence-corrected chi connectivity index (χ4v) is 10.0. The SMILES string of the molecule is [C-]#[N+]c1cc(-n2c3cc(-c4ccc(C)cc4)ccc3c3ccc(-c4ccc(C)cc4)cc32)c(-c2ccncc2)cc1-n1c2cc(-c3ccc(C)cc3)ccc2c2ccc(-c3ccc(C)cc3)cc21. The molecular formula is C64H46N4. The predicted octanol–water partition coefficient (Wildman–Crippen LogP) is 17.4. The summed E-state index contributed by atoms with van der Waals surface area (Å²) in [4.78, 5) is 8.92. The number of nitrogens with zero attached hydrogens (tertiary/aromatic N) is 4. The van der Waals surface area contributed by atoms with E-state index in [4.69, 9.17) is 6.57 Å². The average molecular weight is 871 g/mol. The molecule has 0 aliphatic carbocycles. The van der Waals surface area contributed by atoms with Crippen molar-refractivity contribution in [3.8, 4) is 67.0 Å². The minimum Gasteiger partial charge on any atom is -0.319 e. The molecule has 0 saturated heterocycles. The molecule has 0 saturated carbocycles. The van der Waals surface area contributed by atoms with Crippen LogP contribution in [0.25, 0.3) is 115 Å². The molecule has 4 nitrogen and oxygen atoms in total. The van der Waals surface area contributed by atoms with Crippen molar-refractivity contribution in [1.29, 1.82) is 0 Å². The Morgan fingerprint density at radius 3 is 0.956 bits per heavy atom. The first-order valence-corrected chi connectivity index (χ1v) is 23.2. The Labute approximate surface area is 396 Å². The van der Waals surface area contributed by atoms with E-state index in [1.54, 1.807) is 0 Å². The third-order valence-electron chi connectivity index (χ3n) is 13.8. The van der Waals surface area contributed by atoms with Gasteiger partial charge in [0, 0.05) is 45.2 Å². The van der Waals surface area contributed by atoms with Crippen molar-refractivity contribution in [1.82, 2.24) is 14.1 Å². The standard InChI is InChI=1S/C64H46N4/c1-40-6-14-44(15-7-40)49-22-26-53-54-27-23-50(45-16-8-41(2)9-17-45)35-60(54)67(59(53)34-49)63-39-58(65-5)64(38-57(63)48-30-32-66-33-31-48)68-61-36-51(46-18-10-42(3)11-19-46)24-28-55(61)56-29-25-52(37-62(56)68)47-20-12-43(4)13-21-47/h6-39H,1-4H3. The minimum atomic E-state index is 0.553. The summed E-state index contributed by atoms with van der Waals surface area (Å²) in [5.41, 5.74) is 22.5. The highest BCUT2D eigenvalue weighted by atomic mass is 15.0. The van der Waals surface area contributed by atoms with E-state index in [-0.39, 0.29) is 0 Å². The van der Waals surface area contributed by atoms with Crippen molar-refractivity contribution in [2.75, 3.05) is 0 Å². The summed E-state index contributed by atoms with van der Waals surface area (Å²) in [7, 11) is 0. The Bertz CT molecular complexity index is 3750. The van der Waals surface area contributed by atoms with Gasteiger partial charge >= 0.3 is 0 Å². The highest BCUT2D eigenvalue weighted by Gasteiger charge is 2.23. The molecule has 12 aromatic rings. The smallest absolute Gasteiger partial charge is 0.212 e. The first kappa shape index (κ1) is 40.7. The van der Waals surface area contributed by atoms with Crippen LogP contribution in [0, 0.1) is 34.3 Å². The van der Waals surface area contributed by atoms with Gasteiger partial charge in [-0.25, -0.2) is 4.85 Å². The van der Waals surface area contributed by atoms with Gasteiger partial charge in [0.15, 0.2) is 0 Å². The zero-order chi connectivity index (χ0) is 46.0. The molecule has 0 N–H and O–H groups in total. The Morgan fingerprint density at radius 2 is 0.632 bits per heavy atom. The van der Waals surface area contributed by atoms with E-state index in [2.05, 4.69) is 241 Å². The lowest BCUT2D eigenvalue weighted by Gasteiger charge is -2.19. The van der Waals surface area contributed by atoms with Crippen LogP contribution in [0.15, 0.2) is 207 Å². The molecule has 3 heterocycles. The highest BCUT2D eigenvalue weighted by Crippen LogP contribution is 2.45. The number of aromatic nitrogens is 3. The molecule has 0 spiro atoms. The minimum absolute atomic E-state index is 0.553. The van der Waals surface area contributed by atoms with E-state index >= 15 is 0 Å². The molecule has 12 rings (SSSR count). The third-order valence-corrected chi connectivity index (χ3v) is 13.8. The maximum atomic E-state index is 9.04. The van der Waals surface area contributed by atoms with Crippen LogP contribution in [0.1, 0.15) is 22.3 Å². The molecule has 0 aliphatic rings. The summed E-state index contributed by atoms with van der Waals surface area (Å²) in [6.07, 6.45) is 3.72. The number of hydrogen-bond acceptors (Lipinski definition) is 1. The number of pyridine rings is 1. The predicted molar refractivity (Wildman–Crippen MR) is 285 cm³/mol. The van der Waals surface area contributed by atoms with Crippen LogP contribution in [0.3, 0.4) is 0 Å². The molecule has 322 valence electrons. The largest absolute Gasteiger partial charge is 0.319 e. The Morgan fingerprint density at radius 1 is 0.324 bits per heavy atom. The van der Waals surface area contributed by atoms with E-state index in [1.807, 2.05) is 12.4 Å². The topological polar surface area (TPSA) is 27.1 Å². The maximum absolute atomic E-state index is 9.04. The molecule has 4 heteroatoms. The number of benzene rings is 9. The van der Waals surface area contributed by atoms with Crippen molar-refractivity contribution < 1.29 is 0 Å². The van der Waals surface area contributed by atoms with Gasteiger partial charge in [-0.05, 0) is 126 Å². The lowest BCUT2D eigenvalue weighted by atomic mass is 10.0. The normalized spacial score (nSPS) is 11.5. The number of rotatable bonds is 7. The van der Waals surface area contributed by atoms with Crippen molar-refractivity contribution >= 4 is 49.3 Å². The summed E-state index contributed by atoms with van der Waals surface area (Å²) >= 11 is 0. The van der Waals surface area contributed by atoms with Crippen molar-refractivity contribution in [2.24, 2.45) is 0 Å². The maximum Gasteiger partial charge on any atom is 0.212 e. The molecule has 0 radical (unpaired) electrons. The van der Waals surface area contributed by atoms with Crippen LogP contribution in [-0.2, 0) is 0 Å². The first-order chi connectivity index (χ1) is 33.3. The van der Waals surface area contributed by atoms with Gasteiger partial charge in [0.05, 0.1) is 34.3 Å². The van der Waals surface area contributed by atoms with E-state index in [0.717, 1.165) is 111 Å². The Balaban J connectivity index is 1.18. The fourth-order valence-electron chi connectivity index (χ4n) is 10.0. The Kier molecular flexibility index (Phi) is 9.74. The van der Waals surface area contributed by atoms with Crippen molar-refractivity contribution in [3.05, 3.63) is 240 Å². The lowest BCUT2D eigenvalue weighted by Crippen LogP contribution is -2.02. The summed E-state index contributed by atoms with van der Waals surface area (Å²) in [5, 5.41) is 4.56. The molecule has 0 bridgehead atoms. The van der Waals surface area contributed by atoms with E-state index < -0.39 is 0 Å². The molecule has 0 unspecified atom stereocenters. The van der Waals surface area contributed by atoms with Crippen LogP contribution >= 0.6 is 0 Å². The van der Waals surface area contributed by atoms with Gasteiger partial charge in [-0.3, -0.25) is 4.98 Å². The molecular weight excluding hydrogens is 825 g/mol. The molecule has 0 aliphatic heterocycles. The molecule has 0 fully saturated rings. The van der Waals surface area contributed by atoms with Gasteiger partial charge in [0.1, 0.15) is 0 Å². The van der Waals surface area contributed by atoms with Gasteiger partial charge in [-0.1, -0.05) is 168 Å². The second-order valence-corrected chi connectivity index (χ2v) is 18.3. The lowest BCUT2D eigenvalue weighted by molar-refractivity contribution is 1.15. The molecule has 0 amide bonds. The molecule has 0 atom stereocenters. The number of hydrogen-bond donors (Lipinski definition) is 0. The summed E-state index contributed by atoms with van der Waals surface area (Å²) < 4.78 is 4.73. The van der Waals surface area contributed by atoms with Crippen LogP contribution in [-0.4, -0.2) is 14.1 Å². The van der Waals surface area contributed by atoms with Gasteiger partial charge in [-0.15, -0.1) is 0 Å². The second-order valence-electron chi connectivity index (χ2n) is 18.3. The van der Waals surface area contributed by atoms with Gasteiger partial charge in [-0.2, -0.15) is 0 Å². The van der Waals surface area contributed by atoms with Crippen LogP contribution in [0.5, 0.6) is 0 Å². The van der Waals surface area contributed by atoms with Gasteiger partial charge < -0.3 is 9.13 Å². The zero-order valence-corrected chi connectivity index (χ0v) is 38.4. The zero-order valence-electron chi connectivity index (χ0n) is 38.4. The van der Waals surface area contributed by atoms with Crippen LogP contribution in [0.4, 0.5) is 5.69 Å². The average Bonchev–Trinajstić information content (AvgIpc) is 3.88. The second kappa shape index (κ2) is 16.3.